The number of carbonyl (C=O) groups is 1. The highest BCUT2D eigenvalue weighted by molar-refractivity contribution is 6.13. The molecule has 0 aliphatic carbocycles. The van der Waals surface area contributed by atoms with E-state index < -0.39 is 30.6 Å². The number of nitrogens with one attached hydrogen (secondary N) is 2. The average molecular weight is 361 g/mol. The fraction of sp³-hybridized carbons (Fsp3) is 0.438. The number of hydrogen-bond acceptors (Lipinski definition) is 8. The Morgan fingerprint density at radius 3 is 2.88 bits per heavy atom. The molecular weight excluding hydrogens is 342 g/mol. The van der Waals surface area contributed by atoms with Crippen molar-refractivity contribution in [3.8, 4) is 0 Å². The molecule has 1 saturated heterocycles. The van der Waals surface area contributed by atoms with Crippen LogP contribution in [0.4, 0.5) is 5.82 Å². The summed E-state index contributed by atoms with van der Waals surface area (Å²) in [4.78, 5) is 20.4. The molecule has 26 heavy (non-hydrogen) atoms. The molecule has 1 amide bonds. The lowest BCUT2D eigenvalue weighted by atomic mass is 9.96. The Morgan fingerprint density at radius 2 is 2.23 bits per heavy atom. The van der Waals surface area contributed by atoms with Gasteiger partial charge in [0.15, 0.2) is 6.23 Å². The molecule has 4 heterocycles. The summed E-state index contributed by atoms with van der Waals surface area (Å²) >= 11 is 0. The van der Waals surface area contributed by atoms with Gasteiger partial charge in [-0.25, -0.2) is 9.97 Å². The molecule has 0 spiro atoms. The van der Waals surface area contributed by atoms with Crippen LogP contribution in [0.2, 0.25) is 0 Å². The normalized spacial score (nSPS) is 30.9. The lowest BCUT2D eigenvalue weighted by Crippen LogP contribution is -2.44. The smallest absolute Gasteiger partial charge is 0.251 e. The van der Waals surface area contributed by atoms with E-state index in [9.17, 15) is 20.1 Å². The van der Waals surface area contributed by atoms with Crippen LogP contribution in [0, 0.1) is 0 Å². The Bertz CT molecular complexity index is 921. The second kappa shape index (κ2) is 5.74. The minimum Gasteiger partial charge on any atom is -0.394 e. The van der Waals surface area contributed by atoms with Gasteiger partial charge in [0.1, 0.15) is 35.6 Å². The van der Waals surface area contributed by atoms with Crippen LogP contribution in [0.25, 0.3) is 16.7 Å². The molecule has 4 atom stereocenters. The van der Waals surface area contributed by atoms with Gasteiger partial charge in [-0.2, -0.15) is 0 Å². The number of aromatic nitrogens is 3. The predicted molar refractivity (Wildman–Crippen MR) is 90.8 cm³/mol. The Morgan fingerprint density at radius 1 is 1.46 bits per heavy atom. The maximum atomic E-state index is 12.0. The molecule has 5 N–H and O–H groups in total. The molecule has 2 aliphatic heterocycles. The van der Waals surface area contributed by atoms with E-state index in [1.54, 1.807) is 17.8 Å². The van der Waals surface area contributed by atoms with E-state index in [1.165, 1.54) is 19.3 Å². The average Bonchev–Trinajstić information content (AvgIpc) is 3.04. The van der Waals surface area contributed by atoms with E-state index in [2.05, 4.69) is 20.6 Å². The fourth-order valence-electron chi connectivity index (χ4n) is 3.52. The molecular formula is C16H19N5O5. The van der Waals surface area contributed by atoms with Crippen molar-refractivity contribution in [1.29, 1.82) is 0 Å². The molecule has 1 fully saturated rings. The number of rotatable bonds is 3. The second-order valence-electron chi connectivity index (χ2n) is 6.55. The molecule has 1 unspecified atom stereocenters. The van der Waals surface area contributed by atoms with Crippen LogP contribution in [0.15, 0.2) is 18.6 Å². The summed E-state index contributed by atoms with van der Waals surface area (Å²) in [5, 5.41) is 36.7. The Labute approximate surface area is 148 Å². The van der Waals surface area contributed by atoms with Gasteiger partial charge in [0.2, 0.25) is 0 Å². The van der Waals surface area contributed by atoms with E-state index in [0.717, 1.165) is 0 Å². The number of aliphatic hydroxyl groups is 3. The van der Waals surface area contributed by atoms with E-state index in [1.807, 2.05) is 0 Å². The number of carbonyl (C=O) groups excluding carboxylic acids is 1. The second-order valence-corrected chi connectivity index (χ2v) is 6.55. The minimum absolute atomic E-state index is 0.322. The highest BCUT2D eigenvalue weighted by Crippen LogP contribution is 2.42. The third-order valence-electron chi connectivity index (χ3n) is 4.87. The van der Waals surface area contributed by atoms with Crippen molar-refractivity contribution >= 4 is 28.5 Å². The monoisotopic (exact) mass is 361 g/mol. The van der Waals surface area contributed by atoms with E-state index >= 15 is 0 Å². The number of amides is 1. The van der Waals surface area contributed by atoms with Crippen molar-refractivity contribution in [2.75, 3.05) is 19.0 Å². The first-order valence-electron chi connectivity index (χ1n) is 8.11. The molecule has 0 aromatic carbocycles. The maximum absolute atomic E-state index is 12.0. The first-order valence-corrected chi connectivity index (χ1v) is 8.11. The maximum Gasteiger partial charge on any atom is 0.251 e. The van der Waals surface area contributed by atoms with Crippen LogP contribution in [0.3, 0.4) is 0 Å². The SMILES string of the molecule is CNC1=CC(=O)Nc2ncnc3c2c1cn3[C@@H]1O[C@H](CO)[C@@H](O)C1(C)O. The molecule has 0 radical (unpaired) electrons. The molecule has 138 valence electrons. The highest BCUT2D eigenvalue weighted by atomic mass is 16.6. The highest BCUT2D eigenvalue weighted by Gasteiger charge is 2.53. The van der Waals surface area contributed by atoms with Crippen LogP contribution >= 0.6 is 0 Å². The van der Waals surface area contributed by atoms with Gasteiger partial charge in [0.05, 0.1) is 12.0 Å². The van der Waals surface area contributed by atoms with E-state index in [0.29, 0.717) is 28.1 Å². The predicted octanol–water partition coefficient (Wildman–Crippen LogP) is -1.05. The molecule has 4 rings (SSSR count). The minimum atomic E-state index is -1.65. The number of anilines is 1. The number of nitrogens with zero attached hydrogens (tertiary/aromatic N) is 3. The third-order valence-corrected chi connectivity index (χ3v) is 4.87. The molecule has 2 aliphatic rings. The first kappa shape index (κ1) is 16.9. The van der Waals surface area contributed by atoms with Crippen molar-refractivity contribution in [3.63, 3.8) is 0 Å². The van der Waals surface area contributed by atoms with E-state index in [-0.39, 0.29) is 5.91 Å². The van der Waals surface area contributed by atoms with Crippen molar-refractivity contribution in [3.05, 3.63) is 24.2 Å². The van der Waals surface area contributed by atoms with Gasteiger partial charge in [0.25, 0.3) is 5.91 Å². The van der Waals surface area contributed by atoms with Crippen molar-refractivity contribution < 1.29 is 24.9 Å². The molecule has 2 aromatic rings. The van der Waals surface area contributed by atoms with Crippen molar-refractivity contribution in [2.24, 2.45) is 0 Å². The van der Waals surface area contributed by atoms with Gasteiger partial charge in [-0.15, -0.1) is 0 Å². The topological polar surface area (TPSA) is 142 Å². The Kier molecular flexibility index (Phi) is 3.74. The molecule has 10 heteroatoms. The van der Waals surface area contributed by atoms with Gasteiger partial charge < -0.3 is 35.3 Å². The largest absolute Gasteiger partial charge is 0.394 e. The van der Waals surface area contributed by atoms with Gasteiger partial charge in [-0.1, -0.05) is 0 Å². The fourth-order valence-corrected chi connectivity index (χ4v) is 3.52. The van der Waals surface area contributed by atoms with Gasteiger partial charge >= 0.3 is 0 Å². The number of ether oxygens (including phenoxy) is 1. The van der Waals surface area contributed by atoms with Crippen molar-refractivity contribution in [1.82, 2.24) is 19.9 Å². The summed E-state index contributed by atoms with van der Waals surface area (Å²) in [5.74, 6) is 0.0177. The Balaban J connectivity index is 1.94. The molecule has 2 aromatic heterocycles. The van der Waals surface area contributed by atoms with Gasteiger partial charge in [0, 0.05) is 30.6 Å². The summed E-state index contributed by atoms with van der Waals surface area (Å²) in [6.07, 6.45) is 1.20. The lowest BCUT2D eigenvalue weighted by molar-refractivity contribution is -0.111. The van der Waals surface area contributed by atoms with Crippen LogP contribution in [-0.4, -0.2) is 67.2 Å². The van der Waals surface area contributed by atoms with Crippen LogP contribution < -0.4 is 10.6 Å². The zero-order chi connectivity index (χ0) is 18.6. The zero-order valence-electron chi connectivity index (χ0n) is 14.2. The summed E-state index contributed by atoms with van der Waals surface area (Å²) in [6.45, 7) is 1.01. The first-order chi connectivity index (χ1) is 12.4. The number of hydrogen-bond donors (Lipinski definition) is 5. The van der Waals surface area contributed by atoms with Gasteiger partial charge in [-0.05, 0) is 6.92 Å². The van der Waals surface area contributed by atoms with Crippen LogP contribution in [0.1, 0.15) is 18.7 Å². The zero-order valence-corrected chi connectivity index (χ0v) is 14.2. The molecule has 10 nitrogen and oxygen atoms in total. The molecule has 0 bridgehead atoms. The summed E-state index contributed by atoms with van der Waals surface area (Å²) in [6, 6.07) is 0. The quantitative estimate of drug-likeness (QED) is 0.466. The van der Waals surface area contributed by atoms with Gasteiger partial charge in [-0.3, -0.25) is 4.79 Å². The number of aliphatic hydroxyl groups excluding tert-OH is 2. The Hall–Kier alpha value is -2.53. The molecule has 0 saturated carbocycles. The summed E-state index contributed by atoms with van der Waals surface area (Å²) in [7, 11) is 1.69. The van der Waals surface area contributed by atoms with Crippen LogP contribution in [-0.2, 0) is 9.53 Å². The third kappa shape index (κ3) is 2.23. The standard InChI is InChI=1S/C16H19N5O5/c1-16(25)12(24)9(5-22)26-15(16)21-4-7-8(17-2)3-10(23)20-13-11(7)14(21)19-6-18-13/h3-4,6,9,12,15,17,22,24-25H,5H2,1-2H3,(H,18,19,20,23)/t9-,12-,15-,16?/m1/s1. The summed E-state index contributed by atoms with van der Waals surface area (Å²) < 4.78 is 7.28. The lowest BCUT2D eigenvalue weighted by Gasteiger charge is -2.27. The van der Waals surface area contributed by atoms with Crippen molar-refractivity contribution in [2.45, 2.75) is 31.0 Å². The van der Waals surface area contributed by atoms with E-state index in [4.69, 9.17) is 4.74 Å². The summed E-state index contributed by atoms with van der Waals surface area (Å²) in [5.41, 5.74) is -0.0302. The van der Waals surface area contributed by atoms with Crippen LogP contribution in [0.5, 0.6) is 0 Å².